The van der Waals surface area contributed by atoms with Gasteiger partial charge < -0.3 is 59.1 Å². The fourth-order valence-electron chi connectivity index (χ4n) is 8.09. The number of ether oxygens (including phenoxy) is 7. The van der Waals surface area contributed by atoms with Gasteiger partial charge in [0.05, 0.1) is 62.1 Å². The zero-order valence-corrected chi connectivity index (χ0v) is 42.1. The minimum Gasteiger partial charge on any atom is -0.460 e. The smallest absolute Gasteiger partial charge is 0.409 e. The number of aryl methyl sites for hydroxylation is 1. The highest BCUT2D eigenvalue weighted by Gasteiger charge is 2.64. The monoisotopic (exact) mass is 977 g/mol. The number of aliphatic hydroxyl groups is 1. The number of esters is 2. The summed E-state index contributed by atoms with van der Waals surface area (Å²) in [6.07, 6.45) is 0.908. The Morgan fingerprint density at radius 3 is 2.44 bits per heavy atom. The molecule has 4 rings (SSSR count). The molecule has 3 aliphatic rings. The Hall–Kier alpha value is -4.63. The van der Waals surface area contributed by atoms with Gasteiger partial charge >= 0.3 is 18.0 Å². The molecule has 4 amide bonds. The van der Waals surface area contributed by atoms with E-state index < -0.39 is 95.1 Å². The number of anilines is 1. The van der Waals surface area contributed by atoms with Crippen molar-refractivity contribution in [1.82, 2.24) is 15.5 Å². The van der Waals surface area contributed by atoms with Crippen molar-refractivity contribution in [2.45, 2.75) is 147 Å². The van der Waals surface area contributed by atoms with Crippen molar-refractivity contribution in [3.8, 4) is 0 Å². The van der Waals surface area contributed by atoms with Gasteiger partial charge in [-0.3, -0.25) is 24.5 Å². The predicted molar refractivity (Wildman–Crippen MR) is 251 cm³/mol. The molecule has 0 saturated carbocycles. The maximum atomic E-state index is 14.2. The molecule has 1 aromatic rings. The van der Waals surface area contributed by atoms with E-state index in [0.29, 0.717) is 17.1 Å². The summed E-state index contributed by atoms with van der Waals surface area (Å²) in [6, 6.07) is 1.81. The quantitative estimate of drug-likeness (QED) is 0.0751. The van der Waals surface area contributed by atoms with E-state index >= 15 is 0 Å². The molecule has 0 aromatic heterocycles. The van der Waals surface area contributed by atoms with Gasteiger partial charge in [-0.25, -0.2) is 9.59 Å². The zero-order valence-electron chi connectivity index (χ0n) is 41.3. The van der Waals surface area contributed by atoms with E-state index in [1.165, 1.54) is 30.9 Å². The highest BCUT2D eigenvalue weighted by molar-refractivity contribution is 6.34. The van der Waals surface area contributed by atoms with Crippen LogP contribution in [0.2, 0.25) is 5.02 Å². The first-order valence-corrected chi connectivity index (χ1v) is 23.4. The van der Waals surface area contributed by atoms with Gasteiger partial charge in [-0.1, -0.05) is 48.4 Å². The molecule has 1 unspecified atom stereocenters. The first-order valence-electron chi connectivity index (χ1n) is 23.0. The lowest BCUT2D eigenvalue weighted by atomic mass is 9.83. The Morgan fingerprint density at radius 1 is 1.10 bits per heavy atom. The van der Waals surface area contributed by atoms with Crippen molar-refractivity contribution < 1.29 is 67.0 Å². The molecule has 9 atom stereocenters. The van der Waals surface area contributed by atoms with Crippen LogP contribution < -0.4 is 21.3 Å². The second kappa shape index (κ2) is 24.3. The summed E-state index contributed by atoms with van der Waals surface area (Å²) in [7, 11) is 4.48. The number of benzene rings is 1. The highest BCUT2D eigenvalue weighted by atomic mass is 35.5. The predicted octanol–water partition coefficient (Wildman–Crippen LogP) is 3.80. The number of carbonyl (C=O) groups is 6. The Bertz CT molecular complexity index is 2040. The molecular weight excluding hydrogens is 906 g/mol. The minimum atomic E-state index is -1.85. The molecule has 3 aliphatic heterocycles. The minimum absolute atomic E-state index is 0.0190. The molecule has 3 heterocycles. The van der Waals surface area contributed by atoms with Gasteiger partial charge in [0.25, 0.3) is 0 Å². The van der Waals surface area contributed by atoms with Crippen LogP contribution in [0.5, 0.6) is 0 Å². The third kappa shape index (κ3) is 15.4. The molecule has 1 aromatic carbocycles. The number of amides is 4. The maximum Gasteiger partial charge on any atom is 0.409 e. The van der Waals surface area contributed by atoms with Gasteiger partial charge in [0.15, 0.2) is 5.72 Å². The highest BCUT2D eigenvalue weighted by Crippen LogP contribution is 2.49. The number of methoxy groups -OCH3 is 1. The topological polar surface area (TPSA) is 247 Å². The average molecular weight is 979 g/mol. The van der Waals surface area contributed by atoms with E-state index in [1.807, 2.05) is 32.1 Å². The third-order valence-corrected chi connectivity index (χ3v) is 12.8. The molecule has 0 radical (unpaired) electrons. The second-order valence-electron chi connectivity index (χ2n) is 19.0. The summed E-state index contributed by atoms with van der Waals surface area (Å²) in [6.45, 7) is 14.8. The average Bonchev–Trinajstić information content (AvgIpc) is 3.96. The first-order chi connectivity index (χ1) is 31.8. The Labute approximate surface area is 404 Å². The summed E-state index contributed by atoms with van der Waals surface area (Å²) in [4.78, 5) is 81.2. The second-order valence-corrected chi connectivity index (χ2v) is 19.4. The molecule has 380 valence electrons. The van der Waals surface area contributed by atoms with Crippen molar-refractivity contribution >= 4 is 53.0 Å². The van der Waals surface area contributed by atoms with Gasteiger partial charge in [-0.15, -0.1) is 0 Å². The summed E-state index contributed by atoms with van der Waals surface area (Å²) in [5.41, 5.74) is 5.21. The lowest BCUT2D eigenvalue weighted by Gasteiger charge is -2.42. The number of nitrogens with two attached hydrogens (primary N) is 1. The van der Waals surface area contributed by atoms with Crippen LogP contribution in [-0.2, 0) is 63.6 Å². The number of hydrogen-bond donors (Lipinski definition) is 4. The number of nitrogens with one attached hydrogen (secondary N) is 2. The molecule has 4 bridgehead atoms. The molecule has 19 nitrogen and oxygen atoms in total. The van der Waals surface area contributed by atoms with Crippen molar-refractivity contribution in [1.29, 1.82) is 0 Å². The lowest BCUT2D eigenvalue weighted by molar-refractivity contribution is -0.162. The van der Waals surface area contributed by atoms with Gasteiger partial charge in [-0.05, 0) is 78.5 Å². The molecule has 20 heteroatoms. The Morgan fingerprint density at radius 2 is 1.78 bits per heavy atom. The number of epoxide rings is 1. The van der Waals surface area contributed by atoms with Crippen LogP contribution in [0.25, 0.3) is 0 Å². The summed E-state index contributed by atoms with van der Waals surface area (Å²) >= 11 is 6.80. The molecule has 0 aliphatic carbocycles. The van der Waals surface area contributed by atoms with Gasteiger partial charge in [0.1, 0.15) is 35.6 Å². The lowest BCUT2D eigenvalue weighted by Crippen LogP contribution is -2.63. The van der Waals surface area contributed by atoms with Crippen molar-refractivity contribution in [2.75, 3.05) is 59.1 Å². The number of hydrogen-bond acceptors (Lipinski definition) is 15. The van der Waals surface area contributed by atoms with E-state index in [0.717, 1.165) is 16.7 Å². The molecular formula is C48H72ClN5O14. The van der Waals surface area contributed by atoms with Gasteiger partial charge in [0, 0.05) is 46.5 Å². The standard InChI is InChI=1S/C48H72ClN5O14/c1-28-13-12-14-36(62-11)48(61)27-35(65-45(60)52-48)30(3)42-47(8,68-42)37(26-39(56)54(10)34-25-32(23-28)24-29(2)41(34)49)66-44(59)31(4)53(9)38(55)17-19-63-21-22-64-20-18-51-43(58)33(50)15-16-40(57)67-46(5,6)7/h12-14,24-25,30-31,33,35-37,42,61H,15-23,26-27,50H2,1-11H3,(H,51,58)(H,52,60)/b14-12+,28-13+/t30-,31+,33+,35+,36-,37+,42?,47+,48-/m1/s1. The molecule has 2 fully saturated rings. The van der Waals surface area contributed by atoms with Crippen molar-refractivity contribution in [2.24, 2.45) is 11.7 Å². The number of carbonyl (C=O) groups excluding carboxylic acids is 6. The summed E-state index contributed by atoms with van der Waals surface area (Å²) in [5.74, 6) is -3.03. The third-order valence-electron chi connectivity index (χ3n) is 12.3. The SMILES string of the molecule is CO[C@@H]1/C=C/C=C(\C)Cc2cc(C)c(Cl)c(c2)N(C)C(=O)C[C@H](OC(=O)[C@H](C)N(C)C(=O)CCOCCOCCNC(=O)[C@@H](N)CCC(=O)OC(C)(C)C)[C@]2(C)OC2[C@H](C)[C@@H]2C[C@]1(O)NC(=O)O2. The molecule has 68 heavy (non-hydrogen) atoms. The molecule has 0 spiro atoms. The maximum absolute atomic E-state index is 14.2. The van der Waals surface area contributed by atoms with Crippen LogP contribution in [0.3, 0.4) is 0 Å². The molecule has 5 N–H and O–H groups in total. The van der Waals surface area contributed by atoms with Crippen molar-refractivity contribution in [3.05, 3.63) is 52.1 Å². The van der Waals surface area contributed by atoms with Gasteiger partial charge in [0.2, 0.25) is 17.7 Å². The number of halogens is 1. The van der Waals surface area contributed by atoms with Gasteiger partial charge in [-0.2, -0.15) is 0 Å². The zero-order chi connectivity index (χ0) is 50.7. The number of nitrogens with zero attached hydrogens (tertiary/aromatic N) is 2. The number of rotatable bonds is 17. The van der Waals surface area contributed by atoms with E-state index in [1.54, 1.807) is 53.8 Å². The Balaban J connectivity index is 1.37. The van der Waals surface area contributed by atoms with E-state index in [-0.39, 0.29) is 65.1 Å². The molecule has 2 saturated heterocycles. The number of alkyl carbamates (subject to hydrolysis) is 1. The van der Waals surface area contributed by atoms with E-state index in [9.17, 15) is 33.9 Å². The van der Waals surface area contributed by atoms with Crippen LogP contribution in [0.15, 0.2) is 35.9 Å². The van der Waals surface area contributed by atoms with E-state index in [4.69, 9.17) is 50.5 Å². The number of allylic oxidation sites excluding steroid dienone is 3. The van der Waals surface area contributed by atoms with Crippen LogP contribution in [0, 0.1) is 12.8 Å². The van der Waals surface area contributed by atoms with Crippen LogP contribution in [0.4, 0.5) is 10.5 Å². The largest absolute Gasteiger partial charge is 0.460 e. The van der Waals surface area contributed by atoms with Crippen LogP contribution in [-0.4, -0.2) is 153 Å². The normalized spacial score (nSPS) is 27.5. The number of fused-ring (bicyclic) bond motifs is 5. The van der Waals surface area contributed by atoms with E-state index in [2.05, 4.69) is 10.6 Å². The van der Waals surface area contributed by atoms with Crippen molar-refractivity contribution in [3.63, 3.8) is 0 Å². The number of likely N-dealkylation sites (N-methyl/N-ethyl adjacent to an activating group) is 1. The fraction of sp³-hybridized carbons (Fsp3) is 0.667. The fourth-order valence-corrected chi connectivity index (χ4v) is 8.32. The summed E-state index contributed by atoms with van der Waals surface area (Å²) < 4.78 is 40.0. The summed E-state index contributed by atoms with van der Waals surface area (Å²) in [5, 5.41) is 17.3. The van der Waals surface area contributed by atoms with Crippen LogP contribution >= 0.6 is 11.6 Å². The first kappa shape index (κ1) is 56.0. The van der Waals surface area contributed by atoms with Crippen LogP contribution in [0.1, 0.15) is 91.7 Å². The Kier molecular flexibility index (Phi) is 20.0.